The van der Waals surface area contributed by atoms with Gasteiger partial charge in [0.1, 0.15) is 12.3 Å². The number of pyridine rings is 1. The van der Waals surface area contributed by atoms with Crippen LogP contribution in [0.15, 0.2) is 36.4 Å². The number of ether oxygens (including phenoxy) is 1. The minimum absolute atomic E-state index is 0.144. The van der Waals surface area contributed by atoms with Gasteiger partial charge in [-0.15, -0.1) is 0 Å². The van der Waals surface area contributed by atoms with Crippen LogP contribution in [-0.4, -0.2) is 23.9 Å². The number of rotatable bonds is 2. The van der Waals surface area contributed by atoms with Gasteiger partial charge in [-0.1, -0.05) is 6.07 Å². The second-order valence-electron chi connectivity index (χ2n) is 2.86. The molecular formula is C10H10N2O2. The average molecular weight is 190 g/mol. The Hall–Kier alpha value is -1.84. The highest BCUT2D eigenvalue weighted by molar-refractivity contribution is 6.03. The molecule has 4 heteroatoms. The van der Waals surface area contributed by atoms with E-state index in [1.807, 2.05) is 0 Å². The van der Waals surface area contributed by atoms with Crippen molar-refractivity contribution in [3.8, 4) is 0 Å². The summed E-state index contributed by atoms with van der Waals surface area (Å²) in [7, 11) is 0. The van der Waals surface area contributed by atoms with Crippen LogP contribution in [0.2, 0.25) is 0 Å². The fourth-order valence-electron chi connectivity index (χ4n) is 1.18. The topological polar surface area (TPSA) is 51.2 Å². The van der Waals surface area contributed by atoms with Gasteiger partial charge < -0.3 is 10.1 Å². The Morgan fingerprint density at radius 3 is 3.14 bits per heavy atom. The van der Waals surface area contributed by atoms with Crippen LogP contribution in [0.4, 0.5) is 0 Å². The molecule has 2 rings (SSSR count). The minimum atomic E-state index is -0.144. The molecule has 1 aromatic heterocycles. The van der Waals surface area contributed by atoms with E-state index in [0.29, 0.717) is 18.2 Å². The Labute approximate surface area is 81.6 Å². The van der Waals surface area contributed by atoms with E-state index < -0.39 is 0 Å². The van der Waals surface area contributed by atoms with Crippen LogP contribution in [-0.2, 0) is 4.74 Å². The van der Waals surface area contributed by atoms with Gasteiger partial charge >= 0.3 is 0 Å². The van der Waals surface area contributed by atoms with Crippen molar-refractivity contribution in [1.29, 1.82) is 0 Å². The van der Waals surface area contributed by atoms with Crippen LogP contribution in [0.5, 0.6) is 0 Å². The van der Waals surface area contributed by atoms with Gasteiger partial charge in [0.05, 0.1) is 6.54 Å². The molecular weight excluding hydrogens is 180 g/mol. The first-order valence-corrected chi connectivity index (χ1v) is 4.40. The zero-order valence-electron chi connectivity index (χ0n) is 7.56. The van der Waals surface area contributed by atoms with E-state index in [0.717, 1.165) is 6.54 Å². The molecule has 2 heterocycles. The van der Waals surface area contributed by atoms with Crippen molar-refractivity contribution in [2.45, 2.75) is 0 Å². The first-order valence-electron chi connectivity index (χ1n) is 4.40. The van der Waals surface area contributed by atoms with Gasteiger partial charge in [0.25, 0.3) is 0 Å². The average Bonchev–Trinajstić information content (AvgIpc) is 2.72. The molecule has 14 heavy (non-hydrogen) atoms. The number of aromatic nitrogens is 1. The molecule has 0 aromatic carbocycles. The Morgan fingerprint density at radius 1 is 1.57 bits per heavy atom. The molecule has 0 aliphatic carbocycles. The molecule has 1 fully saturated rings. The number of carbonyl (C=O) groups excluding carboxylic acids is 1. The summed E-state index contributed by atoms with van der Waals surface area (Å²) in [4.78, 5) is 15.5. The summed E-state index contributed by atoms with van der Waals surface area (Å²) in [5.41, 5.74) is 0.428. The lowest BCUT2D eigenvalue weighted by Gasteiger charge is -1.97. The number of ketones is 1. The van der Waals surface area contributed by atoms with E-state index in [4.69, 9.17) is 4.74 Å². The van der Waals surface area contributed by atoms with Crippen molar-refractivity contribution in [2.24, 2.45) is 0 Å². The lowest BCUT2D eigenvalue weighted by molar-refractivity contribution is 0.103. The Balaban J connectivity index is 2.13. The van der Waals surface area contributed by atoms with Crippen molar-refractivity contribution in [2.75, 3.05) is 13.2 Å². The highest BCUT2D eigenvalue weighted by atomic mass is 16.5. The molecule has 1 aliphatic rings. The van der Waals surface area contributed by atoms with E-state index in [-0.39, 0.29) is 5.78 Å². The second kappa shape index (κ2) is 3.91. The number of nitrogens with one attached hydrogen (secondary N) is 1. The molecule has 1 aliphatic heterocycles. The fraction of sp³-hybridized carbons (Fsp3) is 0.200. The molecule has 72 valence electrons. The summed E-state index contributed by atoms with van der Waals surface area (Å²) < 4.78 is 5.15. The Bertz CT molecular complexity index is 352. The van der Waals surface area contributed by atoms with Crippen LogP contribution >= 0.6 is 0 Å². The van der Waals surface area contributed by atoms with Crippen molar-refractivity contribution >= 4 is 5.78 Å². The van der Waals surface area contributed by atoms with Gasteiger partial charge in [-0.05, 0) is 12.1 Å². The standard InChI is InChI=1S/C10H10N2O2/c13-9(7-10-12-5-6-14-10)8-3-1-2-4-11-8/h1-4,7,12H,5-6H2/b10-7+. The quantitative estimate of drug-likeness (QED) is 0.551. The number of carbonyl (C=O) groups is 1. The summed E-state index contributed by atoms with van der Waals surface area (Å²) in [6.07, 6.45) is 3.02. The minimum Gasteiger partial charge on any atom is -0.477 e. The molecule has 0 saturated carbocycles. The largest absolute Gasteiger partial charge is 0.477 e. The molecule has 4 nitrogen and oxygen atoms in total. The third kappa shape index (κ3) is 1.90. The maximum Gasteiger partial charge on any atom is 0.209 e. The Morgan fingerprint density at radius 2 is 2.50 bits per heavy atom. The summed E-state index contributed by atoms with van der Waals surface area (Å²) in [6.45, 7) is 1.36. The second-order valence-corrected chi connectivity index (χ2v) is 2.86. The summed E-state index contributed by atoms with van der Waals surface area (Å²) in [6, 6.07) is 5.23. The maximum atomic E-state index is 11.5. The highest BCUT2D eigenvalue weighted by Gasteiger charge is 2.10. The summed E-state index contributed by atoms with van der Waals surface area (Å²) in [5.74, 6) is 0.385. The van der Waals surface area contributed by atoms with Gasteiger partial charge in [0.2, 0.25) is 5.78 Å². The third-order valence-corrected chi connectivity index (χ3v) is 1.84. The zero-order valence-corrected chi connectivity index (χ0v) is 7.56. The van der Waals surface area contributed by atoms with E-state index >= 15 is 0 Å². The SMILES string of the molecule is O=C(/C=C1\NCCO1)c1ccccn1. The predicted octanol–water partition coefficient (Wildman–Crippen LogP) is 0.726. The molecule has 0 radical (unpaired) electrons. The van der Waals surface area contributed by atoms with Crippen molar-refractivity contribution < 1.29 is 9.53 Å². The van der Waals surface area contributed by atoms with Gasteiger partial charge in [0, 0.05) is 12.3 Å². The number of hydrogen-bond acceptors (Lipinski definition) is 4. The molecule has 1 saturated heterocycles. The molecule has 0 unspecified atom stereocenters. The summed E-state index contributed by atoms with van der Waals surface area (Å²) in [5, 5.41) is 2.95. The van der Waals surface area contributed by atoms with Crippen molar-refractivity contribution in [1.82, 2.24) is 10.3 Å². The molecule has 0 atom stereocenters. The van der Waals surface area contributed by atoms with E-state index in [9.17, 15) is 4.79 Å². The first-order chi connectivity index (χ1) is 6.86. The lowest BCUT2D eigenvalue weighted by Crippen LogP contribution is -2.07. The fourth-order valence-corrected chi connectivity index (χ4v) is 1.18. The van der Waals surface area contributed by atoms with Crippen LogP contribution in [0, 0.1) is 0 Å². The number of nitrogens with zero attached hydrogens (tertiary/aromatic N) is 1. The Kier molecular flexibility index (Phi) is 2.44. The summed E-state index contributed by atoms with van der Waals surface area (Å²) >= 11 is 0. The van der Waals surface area contributed by atoms with E-state index in [1.54, 1.807) is 24.4 Å². The van der Waals surface area contributed by atoms with Crippen molar-refractivity contribution in [3.05, 3.63) is 42.0 Å². The van der Waals surface area contributed by atoms with E-state index in [1.165, 1.54) is 6.08 Å². The van der Waals surface area contributed by atoms with Gasteiger partial charge in [-0.3, -0.25) is 9.78 Å². The maximum absolute atomic E-state index is 11.5. The monoisotopic (exact) mass is 190 g/mol. The van der Waals surface area contributed by atoms with Gasteiger partial charge in [-0.2, -0.15) is 0 Å². The normalized spacial score (nSPS) is 17.6. The lowest BCUT2D eigenvalue weighted by atomic mass is 10.2. The van der Waals surface area contributed by atoms with Gasteiger partial charge in [0.15, 0.2) is 5.88 Å². The molecule has 0 spiro atoms. The number of allylic oxidation sites excluding steroid dienone is 1. The number of hydrogen-bond donors (Lipinski definition) is 1. The molecule has 1 aromatic rings. The first kappa shape index (κ1) is 8.74. The molecule has 0 amide bonds. The zero-order chi connectivity index (χ0) is 9.80. The predicted molar refractivity (Wildman–Crippen MR) is 50.6 cm³/mol. The smallest absolute Gasteiger partial charge is 0.209 e. The van der Waals surface area contributed by atoms with Gasteiger partial charge in [-0.25, -0.2) is 0 Å². The van der Waals surface area contributed by atoms with Crippen LogP contribution in [0.1, 0.15) is 10.5 Å². The molecule has 1 N–H and O–H groups in total. The van der Waals surface area contributed by atoms with Crippen LogP contribution in [0.25, 0.3) is 0 Å². The third-order valence-electron chi connectivity index (χ3n) is 1.84. The van der Waals surface area contributed by atoms with Crippen LogP contribution in [0.3, 0.4) is 0 Å². The highest BCUT2D eigenvalue weighted by Crippen LogP contribution is 2.03. The van der Waals surface area contributed by atoms with E-state index in [2.05, 4.69) is 10.3 Å². The molecule has 0 bridgehead atoms. The van der Waals surface area contributed by atoms with Crippen molar-refractivity contribution in [3.63, 3.8) is 0 Å². The van der Waals surface area contributed by atoms with Crippen LogP contribution < -0.4 is 5.32 Å².